The van der Waals surface area contributed by atoms with Gasteiger partial charge in [-0.2, -0.15) is 0 Å². The molecule has 5 aromatic rings. The summed E-state index contributed by atoms with van der Waals surface area (Å²) >= 11 is 0. The zero-order chi connectivity index (χ0) is 24.5. The molecule has 4 aromatic heterocycles. The van der Waals surface area contributed by atoms with Gasteiger partial charge in [-0.05, 0) is 81.6 Å². The van der Waals surface area contributed by atoms with Crippen molar-refractivity contribution in [2.45, 2.75) is 39.2 Å². The second kappa shape index (κ2) is 9.74. The van der Waals surface area contributed by atoms with Crippen LogP contribution in [0.2, 0.25) is 0 Å². The molecule has 0 N–H and O–H groups in total. The Morgan fingerprint density at radius 3 is 2.67 bits per heavy atom. The first-order valence-corrected chi connectivity index (χ1v) is 12.8. The van der Waals surface area contributed by atoms with E-state index in [0.717, 1.165) is 79.2 Å². The lowest BCUT2D eigenvalue weighted by Gasteiger charge is -2.32. The summed E-state index contributed by atoms with van der Waals surface area (Å²) in [4.78, 5) is 25.1. The number of aromatic nitrogens is 4. The number of fused-ring (bicyclic) bond motifs is 2. The van der Waals surface area contributed by atoms with Crippen LogP contribution in [0.5, 0.6) is 0 Å². The number of likely N-dealkylation sites (tertiary alicyclic amines) is 1. The Morgan fingerprint density at radius 2 is 1.83 bits per heavy atom. The molecule has 0 spiro atoms. The van der Waals surface area contributed by atoms with Gasteiger partial charge in [0.05, 0.1) is 23.8 Å². The standard InChI is InChI=1S/C29H31N5O2/c1-21-24(29(35)33-14-5-4-10-27(33)30-21)13-17-32-15-11-22(12-16-32)19-28-31-25-8-2-3-9-26(25)34(28)20-23-7-6-18-36-23/h2-10,14,18,22H,11-13,15-17,19-20H2,1H3. The Labute approximate surface area is 210 Å². The molecule has 184 valence electrons. The van der Waals surface area contributed by atoms with Crippen molar-refractivity contribution in [3.63, 3.8) is 0 Å². The number of hydrogen-bond donors (Lipinski definition) is 0. The lowest BCUT2D eigenvalue weighted by atomic mass is 9.93. The molecule has 1 saturated heterocycles. The zero-order valence-corrected chi connectivity index (χ0v) is 20.6. The van der Waals surface area contributed by atoms with Crippen LogP contribution in [0, 0.1) is 12.8 Å². The molecule has 1 aliphatic heterocycles. The average Bonchev–Trinajstić information content (AvgIpc) is 3.53. The number of pyridine rings is 1. The number of nitrogens with zero attached hydrogens (tertiary/aromatic N) is 5. The number of aryl methyl sites for hydroxylation is 1. The lowest BCUT2D eigenvalue weighted by Crippen LogP contribution is -2.37. The van der Waals surface area contributed by atoms with Crippen molar-refractivity contribution in [1.29, 1.82) is 0 Å². The number of furan rings is 1. The minimum absolute atomic E-state index is 0.0587. The Bertz CT molecular complexity index is 1540. The van der Waals surface area contributed by atoms with Crippen LogP contribution in [-0.4, -0.2) is 43.5 Å². The predicted molar refractivity (Wildman–Crippen MR) is 140 cm³/mol. The SMILES string of the molecule is Cc1nc2ccccn2c(=O)c1CCN1CCC(Cc2nc3ccccc3n2Cc2ccco2)CC1. The summed E-state index contributed by atoms with van der Waals surface area (Å²) in [5, 5.41) is 0. The van der Waals surface area contributed by atoms with E-state index in [0.29, 0.717) is 18.1 Å². The number of para-hydroxylation sites is 2. The van der Waals surface area contributed by atoms with Gasteiger partial charge in [0.1, 0.15) is 17.2 Å². The van der Waals surface area contributed by atoms with Gasteiger partial charge >= 0.3 is 0 Å². The monoisotopic (exact) mass is 481 g/mol. The zero-order valence-electron chi connectivity index (χ0n) is 20.6. The molecular weight excluding hydrogens is 450 g/mol. The summed E-state index contributed by atoms with van der Waals surface area (Å²) in [5.41, 5.74) is 4.64. The molecule has 0 saturated carbocycles. The van der Waals surface area contributed by atoms with E-state index in [9.17, 15) is 4.79 Å². The van der Waals surface area contributed by atoms with Crippen LogP contribution < -0.4 is 5.56 Å². The number of imidazole rings is 1. The molecule has 0 unspecified atom stereocenters. The van der Waals surface area contributed by atoms with Gasteiger partial charge in [0.25, 0.3) is 5.56 Å². The van der Waals surface area contributed by atoms with Crippen molar-refractivity contribution in [3.05, 3.63) is 100 Å². The fourth-order valence-electron chi connectivity index (χ4n) is 5.48. The van der Waals surface area contributed by atoms with E-state index < -0.39 is 0 Å². The fourth-order valence-corrected chi connectivity index (χ4v) is 5.48. The summed E-state index contributed by atoms with van der Waals surface area (Å²) < 4.78 is 9.60. The van der Waals surface area contributed by atoms with Crippen LogP contribution in [0.1, 0.15) is 35.7 Å². The first-order chi connectivity index (χ1) is 17.7. The maximum Gasteiger partial charge on any atom is 0.261 e. The van der Waals surface area contributed by atoms with Gasteiger partial charge in [-0.3, -0.25) is 9.20 Å². The first kappa shape index (κ1) is 22.7. The van der Waals surface area contributed by atoms with Crippen LogP contribution in [0.3, 0.4) is 0 Å². The van der Waals surface area contributed by atoms with Gasteiger partial charge in [-0.1, -0.05) is 18.2 Å². The molecular formula is C29H31N5O2. The summed E-state index contributed by atoms with van der Waals surface area (Å²) in [7, 11) is 0. The van der Waals surface area contributed by atoms with Crippen molar-refractivity contribution in [1.82, 2.24) is 23.8 Å². The quantitative estimate of drug-likeness (QED) is 0.343. The third-order valence-electron chi connectivity index (χ3n) is 7.52. The van der Waals surface area contributed by atoms with Crippen molar-refractivity contribution in [2.24, 2.45) is 5.92 Å². The molecule has 7 heteroatoms. The van der Waals surface area contributed by atoms with Crippen LogP contribution in [0.15, 0.2) is 76.3 Å². The summed E-state index contributed by atoms with van der Waals surface area (Å²) in [5.74, 6) is 2.68. The van der Waals surface area contributed by atoms with E-state index in [1.54, 1.807) is 16.9 Å². The molecule has 0 amide bonds. The fraction of sp³-hybridized carbons (Fsp3) is 0.345. The van der Waals surface area contributed by atoms with Gasteiger partial charge < -0.3 is 13.9 Å². The third-order valence-corrected chi connectivity index (χ3v) is 7.52. The number of rotatable bonds is 7. The maximum atomic E-state index is 13.0. The van der Waals surface area contributed by atoms with E-state index >= 15 is 0 Å². The van der Waals surface area contributed by atoms with E-state index in [1.165, 1.54) is 0 Å². The van der Waals surface area contributed by atoms with Crippen molar-refractivity contribution in [2.75, 3.05) is 19.6 Å². The highest BCUT2D eigenvalue weighted by Gasteiger charge is 2.23. The minimum atomic E-state index is 0.0587. The molecule has 1 aromatic carbocycles. The molecule has 7 nitrogen and oxygen atoms in total. The van der Waals surface area contributed by atoms with Crippen LogP contribution in [-0.2, 0) is 19.4 Å². The average molecular weight is 482 g/mol. The van der Waals surface area contributed by atoms with Crippen LogP contribution >= 0.6 is 0 Å². The van der Waals surface area contributed by atoms with Gasteiger partial charge in [-0.15, -0.1) is 0 Å². The third kappa shape index (κ3) is 4.46. The van der Waals surface area contributed by atoms with Gasteiger partial charge in [-0.25, -0.2) is 9.97 Å². The highest BCUT2D eigenvalue weighted by molar-refractivity contribution is 5.76. The molecule has 0 radical (unpaired) electrons. The topological polar surface area (TPSA) is 68.6 Å². The lowest BCUT2D eigenvalue weighted by molar-refractivity contribution is 0.184. The second-order valence-corrected chi connectivity index (χ2v) is 9.83. The Balaban J connectivity index is 1.11. The summed E-state index contributed by atoms with van der Waals surface area (Å²) in [6.45, 7) is 5.64. The van der Waals surface area contributed by atoms with Crippen LogP contribution in [0.25, 0.3) is 16.7 Å². The van der Waals surface area contributed by atoms with E-state index in [2.05, 4.69) is 32.7 Å². The van der Waals surface area contributed by atoms with Gasteiger partial charge in [0.2, 0.25) is 0 Å². The Morgan fingerprint density at radius 1 is 1.00 bits per heavy atom. The Kier molecular flexibility index (Phi) is 6.15. The first-order valence-electron chi connectivity index (χ1n) is 12.8. The second-order valence-electron chi connectivity index (χ2n) is 9.83. The Hall–Kier alpha value is -3.71. The number of hydrogen-bond acceptors (Lipinski definition) is 5. The van der Waals surface area contributed by atoms with Gasteiger partial charge in [0.15, 0.2) is 0 Å². The molecule has 0 atom stereocenters. The normalized spacial score (nSPS) is 15.2. The highest BCUT2D eigenvalue weighted by Crippen LogP contribution is 2.25. The molecule has 0 aliphatic carbocycles. The summed E-state index contributed by atoms with van der Waals surface area (Å²) in [6.07, 6.45) is 7.51. The van der Waals surface area contributed by atoms with Crippen molar-refractivity contribution in [3.8, 4) is 0 Å². The molecule has 1 aliphatic rings. The van der Waals surface area contributed by atoms with Crippen LogP contribution in [0.4, 0.5) is 0 Å². The molecule has 1 fully saturated rings. The van der Waals surface area contributed by atoms with Gasteiger partial charge in [0, 0.05) is 30.4 Å². The summed E-state index contributed by atoms with van der Waals surface area (Å²) in [6, 6.07) is 18.0. The van der Waals surface area contributed by atoms with E-state index in [-0.39, 0.29) is 5.56 Å². The van der Waals surface area contributed by atoms with Crippen molar-refractivity contribution < 1.29 is 4.42 Å². The number of benzene rings is 1. The largest absolute Gasteiger partial charge is 0.467 e. The van der Waals surface area contributed by atoms with E-state index in [1.807, 2.05) is 43.3 Å². The van der Waals surface area contributed by atoms with Crippen molar-refractivity contribution >= 4 is 16.7 Å². The molecule has 5 heterocycles. The maximum absolute atomic E-state index is 13.0. The highest BCUT2D eigenvalue weighted by atomic mass is 16.3. The smallest absolute Gasteiger partial charge is 0.261 e. The number of piperidine rings is 1. The molecule has 36 heavy (non-hydrogen) atoms. The molecule has 0 bridgehead atoms. The van der Waals surface area contributed by atoms with E-state index in [4.69, 9.17) is 9.40 Å². The molecule has 6 rings (SSSR count). The predicted octanol–water partition coefficient (Wildman–Crippen LogP) is 4.49. The minimum Gasteiger partial charge on any atom is -0.467 e.